The number of rotatable bonds is 5. The second-order valence-electron chi connectivity index (χ2n) is 8.37. The first-order valence-corrected chi connectivity index (χ1v) is 10.8. The van der Waals surface area contributed by atoms with Gasteiger partial charge in [0.2, 0.25) is 5.95 Å². The summed E-state index contributed by atoms with van der Waals surface area (Å²) in [5, 5.41) is 3.35. The zero-order valence-corrected chi connectivity index (χ0v) is 18.7. The Kier molecular flexibility index (Phi) is 4.69. The molecule has 1 aromatic carbocycles. The molecule has 1 saturated heterocycles. The minimum Gasteiger partial charge on any atom is -0.455 e. The van der Waals surface area contributed by atoms with Gasteiger partial charge in [0, 0.05) is 37.9 Å². The number of hydrogen-bond acceptors (Lipinski definition) is 10. The van der Waals surface area contributed by atoms with Crippen molar-refractivity contribution in [2.75, 3.05) is 23.3 Å². The first-order chi connectivity index (χ1) is 16.5. The van der Waals surface area contributed by atoms with E-state index in [-0.39, 0.29) is 6.04 Å². The third-order valence-electron chi connectivity index (χ3n) is 5.75. The highest BCUT2D eigenvalue weighted by atomic mass is 16.5. The molecule has 0 amide bonds. The van der Waals surface area contributed by atoms with Gasteiger partial charge in [0.1, 0.15) is 34.4 Å². The highest BCUT2D eigenvalue weighted by molar-refractivity contribution is 5.87. The first kappa shape index (κ1) is 20.2. The average Bonchev–Trinajstić information content (AvgIpc) is 3.19. The number of ether oxygens (including phenoxy) is 1. The summed E-state index contributed by atoms with van der Waals surface area (Å²) in [6.45, 7) is 3.47. The van der Waals surface area contributed by atoms with Crippen LogP contribution >= 0.6 is 0 Å². The SMILES string of the molecule is Cc1cc(Nc2ncnc3cnc(N4CC(N)C4)nc23)ccc1Oc1cnc2c(c1)ncn2C. The molecule has 4 aromatic heterocycles. The van der Waals surface area contributed by atoms with Crippen molar-refractivity contribution >= 4 is 39.7 Å². The molecule has 170 valence electrons. The van der Waals surface area contributed by atoms with Crippen molar-refractivity contribution in [2.45, 2.75) is 13.0 Å². The van der Waals surface area contributed by atoms with Crippen LogP contribution in [-0.2, 0) is 7.05 Å². The summed E-state index contributed by atoms with van der Waals surface area (Å²) < 4.78 is 7.94. The fourth-order valence-corrected chi connectivity index (χ4v) is 3.92. The molecular formula is C23H22N10O. The Morgan fingerprint density at radius 3 is 2.74 bits per heavy atom. The number of pyridine rings is 1. The summed E-state index contributed by atoms with van der Waals surface area (Å²) in [6, 6.07) is 7.87. The average molecular weight is 454 g/mol. The smallest absolute Gasteiger partial charge is 0.226 e. The molecule has 1 aliphatic rings. The van der Waals surface area contributed by atoms with Crippen LogP contribution in [0.25, 0.3) is 22.2 Å². The van der Waals surface area contributed by atoms with Crippen molar-refractivity contribution in [1.29, 1.82) is 0 Å². The molecule has 0 unspecified atom stereocenters. The molecule has 11 nitrogen and oxygen atoms in total. The summed E-state index contributed by atoms with van der Waals surface area (Å²) in [7, 11) is 1.91. The maximum Gasteiger partial charge on any atom is 0.226 e. The van der Waals surface area contributed by atoms with Crippen LogP contribution in [0, 0.1) is 6.92 Å². The lowest BCUT2D eigenvalue weighted by molar-refractivity contribution is 0.477. The van der Waals surface area contributed by atoms with E-state index in [1.165, 1.54) is 6.33 Å². The number of hydrogen-bond donors (Lipinski definition) is 2. The molecule has 0 radical (unpaired) electrons. The minimum atomic E-state index is 0.161. The highest BCUT2D eigenvalue weighted by Gasteiger charge is 2.25. The number of nitrogens with two attached hydrogens (primary N) is 1. The molecule has 0 aliphatic carbocycles. The second kappa shape index (κ2) is 7.89. The van der Waals surface area contributed by atoms with Gasteiger partial charge in [0.25, 0.3) is 0 Å². The normalized spacial score (nSPS) is 13.9. The Hall–Kier alpha value is -4.38. The Balaban J connectivity index is 1.25. The van der Waals surface area contributed by atoms with Gasteiger partial charge in [-0.25, -0.2) is 29.9 Å². The summed E-state index contributed by atoms with van der Waals surface area (Å²) in [5.41, 5.74) is 10.6. The Morgan fingerprint density at radius 1 is 1.03 bits per heavy atom. The second-order valence-corrected chi connectivity index (χ2v) is 8.37. The summed E-state index contributed by atoms with van der Waals surface area (Å²) in [4.78, 5) is 28.6. The maximum absolute atomic E-state index is 6.07. The minimum absolute atomic E-state index is 0.161. The van der Waals surface area contributed by atoms with E-state index in [9.17, 15) is 0 Å². The first-order valence-electron chi connectivity index (χ1n) is 10.8. The topological polar surface area (TPSA) is 133 Å². The van der Waals surface area contributed by atoms with Gasteiger partial charge in [-0.15, -0.1) is 0 Å². The number of nitrogens with one attached hydrogen (secondary N) is 1. The number of benzene rings is 1. The van der Waals surface area contributed by atoms with Gasteiger partial charge in [-0.2, -0.15) is 0 Å². The zero-order valence-electron chi connectivity index (χ0n) is 18.7. The molecule has 0 atom stereocenters. The van der Waals surface area contributed by atoms with Crippen LogP contribution in [0.1, 0.15) is 5.56 Å². The summed E-state index contributed by atoms with van der Waals surface area (Å²) in [5.74, 6) is 2.60. The van der Waals surface area contributed by atoms with Gasteiger partial charge in [0.05, 0.1) is 18.7 Å². The van der Waals surface area contributed by atoms with Crippen LogP contribution in [0.5, 0.6) is 11.5 Å². The molecular weight excluding hydrogens is 432 g/mol. The van der Waals surface area contributed by atoms with Crippen molar-refractivity contribution in [1.82, 2.24) is 34.5 Å². The zero-order chi connectivity index (χ0) is 23.2. The third kappa shape index (κ3) is 3.61. The molecule has 6 rings (SSSR count). The molecule has 11 heteroatoms. The molecule has 34 heavy (non-hydrogen) atoms. The molecule has 0 spiro atoms. The number of anilines is 3. The number of imidazole rings is 1. The number of fused-ring (bicyclic) bond motifs is 2. The van der Waals surface area contributed by atoms with Gasteiger partial charge in [0.15, 0.2) is 11.5 Å². The number of aromatic nitrogens is 7. The lowest BCUT2D eigenvalue weighted by atomic mass is 10.1. The summed E-state index contributed by atoms with van der Waals surface area (Å²) >= 11 is 0. The van der Waals surface area contributed by atoms with E-state index >= 15 is 0 Å². The van der Waals surface area contributed by atoms with E-state index in [1.807, 2.05) is 47.7 Å². The molecule has 5 aromatic rings. The lowest BCUT2D eigenvalue weighted by Crippen LogP contribution is -2.56. The van der Waals surface area contributed by atoms with Crippen LogP contribution < -0.4 is 20.7 Å². The van der Waals surface area contributed by atoms with E-state index in [4.69, 9.17) is 10.5 Å². The van der Waals surface area contributed by atoms with Crippen molar-refractivity contribution in [3.63, 3.8) is 0 Å². The standard InChI is InChI=1S/C23H22N10O/c1-13-5-15(3-4-19(13)34-16-6-17-22(25-7-16)32(2)12-29-17)30-21-20-18(27-11-28-21)8-26-23(31-20)33-9-14(24)10-33/h3-8,11-12,14H,9-10,24H2,1-2H3,(H,27,28,30). The van der Waals surface area contributed by atoms with Crippen molar-refractivity contribution in [3.05, 3.63) is 54.9 Å². The van der Waals surface area contributed by atoms with E-state index in [0.29, 0.717) is 28.5 Å². The quantitative estimate of drug-likeness (QED) is 0.408. The number of aryl methyl sites for hydroxylation is 2. The molecule has 1 aliphatic heterocycles. The Bertz CT molecular complexity index is 1530. The van der Waals surface area contributed by atoms with Crippen LogP contribution in [0.2, 0.25) is 0 Å². The third-order valence-corrected chi connectivity index (χ3v) is 5.75. The predicted molar refractivity (Wildman–Crippen MR) is 128 cm³/mol. The Morgan fingerprint density at radius 2 is 1.91 bits per heavy atom. The van der Waals surface area contributed by atoms with Crippen molar-refractivity contribution in [3.8, 4) is 11.5 Å². The van der Waals surface area contributed by atoms with Gasteiger partial charge >= 0.3 is 0 Å². The van der Waals surface area contributed by atoms with Crippen molar-refractivity contribution < 1.29 is 4.74 Å². The molecule has 3 N–H and O–H groups in total. The van der Waals surface area contributed by atoms with Gasteiger partial charge in [-0.05, 0) is 30.7 Å². The Labute approximate surface area is 194 Å². The fraction of sp³-hybridized carbons (Fsp3) is 0.217. The molecule has 1 fully saturated rings. The van der Waals surface area contributed by atoms with Gasteiger partial charge < -0.3 is 25.3 Å². The lowest BCUT2D eigenvalue weighted by Gasteiger charge is -2.36. The van der Waals surface area contributed by atoms with E-state index in [1.54, 1.807) is 18.7 Å². The highest BCUT2D eigenvalue weighted by Crippen LogP contribution is 2.30. The van der Waals surface area contributed by atoms with E-state index in [2.05, 4.69) is 35.2 Å². The van der Waals surface area contributed by atoms with Gasteiger partial charge in [-0.1, -0.05) is 0 Å². The monoisotopic (exact) mass is 454 g/mol. The van der Waals surface area contributed by atoms with Crippen molar-refractivity contribution in [2.24, 2.45) is 12.8 Å². The van der Waals surface area contributed by atoms with Gasteiger partial charge in [-0.3, -0.25) is 0 Å². The van der Waals surface area contributed by atoms with Crippen LogP contribution in [0.4, 0.5) is 17.5 Å². The molecule has 5 heterocycles. The largest absolute Gasteiger partial charge is 0.455 e. The van der Waals surface area contributed by atoms with E-state index in [0.717, 1.165) is 41.3 Å². The fourth-order valence-electron chi connectivity index (χ4n) is 3.92. The van der Waals surface area contributed by atoms with Crippen LogP contribution in [0.15, 0.2) is 49.3 Å². The van der Waals surface area contributed by atoms with Crippen LogP contribution in [-0.4, -0.2) is 53.6 Å². The summed E-state index contributed by atoms with van der Waals surface area (Å²) in [6.07, 6.45) is 6.64. The molecule has 0 saturated carbocycles. The number of nitrogens with zero attached hydrogens (tertiary/aromatic N) is 8. The predicted octanol–water partition coefficient (Wildman–Crippen LogP) is 2.69. The maximum atomic E-state index is 6.07. The van der Waals surface area contributed by atoms with E-state index < -0.39 is 0 Å². The molecule has 0 bridgehead atoms. The van der Waals surface area contributed by atoms with Crippen LogP contribution in [0.3, 0.4) is 0 Å².